The topological polar surface area (TPSA) is 21.3 Å². The molecule has 0 radical (unpaired) electrons. The van der Waals surface area contributed by atoms with Gasteiger partial charge in [0.1, 0.15) is 5.82 Å². The molecule has 0 fully saturated rings. The Hall–Kier alpha value is -1.09. The maximum absolute atomic E-state index is 12.9. The lowest BCUT2D eigenvalue weighted by Gasteiger charge is -2.25. The average Bonchev–Trinajstić information content (AvgIpc) is 2.17. The molecular weight excluding hydrogens is 181 g/mol. The zero-order valence-corrected chi connectivity index (χ0v) is 8.22. The first-order valence-corrected chi connectivity index (χ1v) is 4.81. The molecule has 2 rings (SSSR count). The van der Waals surface area contributed by atoms with Crippen LogP contribution in [0.4, 0.5) is 10.1 Å². The quantitative estimate of drug-likeness (QED) is 0.779. The van der Waals surface area contributed by atoms with Gasteiger partial charge in [-0.05, 0) is 30.2 Å². The second-order valence-corrected chi connectivity index (χ2v) is 3.71. The van der Waals surface area contributed by atoms with Crippen LogP contribution in [0.1, 0.15) is 5.56 Å². The van der Waals surface area contributed by atoms with Gasteiger partial charge in [-0.25, -0.2) is 4.39 Å². The zero-order chi connectivity index (χ0) is 9.97. The molecule has 3 heteroatoms. The molecule has 1 heterocycles. The van der Waals surface area contributed by atoms with Crippen LogP contribution >= 0.6 is 0 Å². The molecular formula is C11H14FNO. The Morgan fingerprint density at radius 2 is 2.43 bits per heavy atom. The number of halogens is 1. The van der Waals surface area contributed by atoms with Crippen molar-refractivity contribution in [3.8, 4) is 0 Å². The van der Waals surface area contributed by atoms with Crippen LogP contribution in [-0.2, 0) is 11.2 Å². The summed E-state index contributed by atoms with van der Waals surface area (Å²) < 4.78 is 18.0. The Morgan fingerprint density at radius 1 is 1.57 bits per heavy atom. The van der Waals surface area contributed by atoms with Crippen molar-refractivity contribution in [2.24, 2.45) is 5.92 Å². The summed E-state index contributed by atoms with van der Waals surface area (Å²) in [5, 5.41) is 3.28. The predicted octanol–water partition coefficient (Wildman–Crippen LogP) is 2.06. The third-order valence-corrected chi connectivity index (χ3v) is 2.56. The monoisotopic (exact) mass is 195 g/mol. The molecule has 1 unspecified atom stereocenters. The van der Waals surface area contributed by atoms with Crippen molar-refractivity contribution in [3.63, 3.8) is 0 Å². The van der Waals surface area contributed by atoms with Crippen LogP contribution in [0.3, 0.4) is 0 Å². The maximum Gasteiger partial charge on any atom is 0.123 e. The number of nitrogens with one attached hydrogen (secondary N) is 1. The SMILES string of the molecule is COCC1CNc2ccc(F)cc2C1. The van der Waals surface area contributed by atoms with Crippen molar-refractivity contribution in [1.29, 1.82) is 0 Å². The Bertz CT molecular complexity index is 327. The van der Waals surface area contributed by atoms with E-state index in [4.69, 9.17) is 4.74 Å². The van der Waals surface area contributed by atoms with E-state index >= 15 is 0 Å². The van der Waals surface area contributed by atoms with Gasteiger partial charge >= 0.3 is 0 Å². The Kier molecular flexibility index (Phi) is 2.68. The number of rotatable bonds is 2. The van der Waals surface area contributed by atoms with Crippen LogP contribution in [-0.4, -0.2) is 20.3 Å². The lowest BCUT2D eigenvalue weighted by Crippen LogP contribution is -2.26. The molecule has 0 aliphatic carbocycles. The minimum Gasteiger partial charge on any atom is -0.384 e. The smallest absolute Gasteiger partial charge is 0.123 e. The van der Waals surface area contributed by atoms with Crippen LogP contribution in [0.5, 0.6) is 0 Å². The highest BCUT2D eigenvalue weighted by Gasteiger charge is 2.18. The summed E-state index contributed by atoms with van der Waals surface area (Å²) in [6, 6.07) is 4.89. The molecule has 1 aliphatic heterocycles. The summed E-state index contributed by atoms with van der Waals surface area (Å²) in [5.74, 6) is 0.290. The van der Waals surface area contributed by atoms with Crippen molar-refractivity contribution < 1.29 is 9.13 Å². The molecule has 1 atom stereocenters. The molecule has 0 aromatic heterocycles. The van der Waals surface area contributed by atoms with Crippen LogP contribution in [0.2, 0.25) is 0 Å². The lowest BCUT2D eigenvalue weighted by atomic mass is 9.94. The summed E-state index contributed by atoms with van der Waals surface area (Å²) in [6.45, 7) is 1.63. The molecule has 1 aromatic rings. The molecule has 2 nitrogen and oxygen atoms in total. The van der Waals surface area contributed by atoms with Crippen molar-refractivity contribution in [1.82, 2.24) is 0 Å². The van der Waals surface area contributed by atoms with E-state index in [1.165, 1.54) is 6.07 Å². The van der Waals surface area contributed by atoms with Crippen LogP contribution in [0.25, 0.3) is 0 Å². The van der Waals surface area contributed by atoms with Gasteiger partial charge in [0.2, 0.25) is 0 Å². The van der Waals surface area contributed by atoms with E-state index < -0.39 is 0 Å². The summed E-state index contributed by atoms with van der Waals surface area (Å²) in [5.41, 5.74) is 2.11. The van der Waals surface area contributed by atoms with E-state index in [1.807, 2.05) is 0 Å². The molecule has 1 N–H and O–H groups in total. The average molecular weight is 195 g/mol. The van der Waals surface area contributed by atoms with Gasteiger partial charge in [0.15, 0.2) is 0 Å². The van der Waals surface area contributed by atoms with Gasteiger partial charge in [-0.3, -0.25) is 0 Å². The molecule has 0 saturated heterocycles. The van der Waals surface area contributed by atoms with Gasteiger partial charge < -0.3 is 10.1 Å². The number of hydrogen-bond donors (Lipinski definition) is 1. The summed E-state index contributed by atoms with van der Waals surface area (Å²) in [7, 11) is 1.70. The largest absolute Gasteiger partial charge is 0.384 e. The van der Waals surface area contributed by atoms with Gasteiger partial charge in [0.25, 0.3) is 0 Å². The molecule has 14 heavy (non-hydrogen) atoms. The normalized spacial score (nSPS) is 20.0. The van der Waals surface area contributed by atoms with E-state index in [-0.39, 0.29) is 5.82 Å². The standard InChI is InChI=1S/C11H14FNO/c1-14-7-8-4-9-5-10(12)2-3-11(9)13-6-8/h2-3,5,8,13H,4,6-7H2,1H3. The first kappa shape index (κ1) is 9.46. The minimum atomic E-state index is -0.163. The molecule has 0 bridgehead atoms. The van der Waals surface area contributed by atoms with Crippen molar-refractivity contribution in [3.05, 3.63) is 29.6 Å². The Labute approximate surface area is 83.1 Å². The van der Waals surface area contributed by atoms with Gasteiger partial charge in [-0.15, -0.1) is 0 Å². The number of benzene rings is 1. The van der Waals surface area contributed by atoms with Gasteiger partial charge in [-0.2, -0.15) is 0 Å². The van der Waals surface area contributed by atoms with Crippen molar-refractivity contribution >= 4 is 5.69 Å². The van der Waals surface area contributed by atoms with E-state index in [9.17, 15) is 4.39 Å². The second-order valence-electron chi connectivity index (χ2n) is 3.71. The fraction of sp³-hybridized carbons (Fsp3) is 0.455. The predicted molar refractivity (Wildman–Crippen MR) is 54.0 cm³/mol. The molecule has 76 valence electrons. The van der Waals surface area contributed by atoms with E-state index in [0.717, 1.165) is 30.8 Å². The second kappa shape index (κ2) is 3.96. The third-order valence-electron chi connectivity index (χ3n) is 2.56. The number of anilines is 1. The van der Waals surface area contributed by atoms with E-state index in [2.05, 4.69) is 5.32 Å². The minimum absolute atomic E-state index is 0.163. The molecule has 1 aliphatic rings. The van der Waals surface area contributed by atoms with Crippen LogP contribution in [0, 0.1) is 11.7 Å². The summed E-state index contributed by atoms with van der Waals surface area (Å²) in [4.78, 5) is 0. The maximum atomic E-state index is 12.9. The van der Waals surface area contributed by atoms with E-state index in [1.54, 1.807) is 19.2 Å². The third kappa shape index (κ3) is 1.87. The molecule has 0 spiro atoms. The zero-order valence-electron chi connectivity index (χ0n) is 8.22. The van der Waals surface area contributed by atoms with Crippen LogP contribution < -0.4 is 5.32 Å². The number of ether oxygens (including phenoxy) is 1. The van der Waals surface area contributed by atoms with E-state index in [0.29, 0.717) is 5.92 Å². The fourth-order valence-corrected chi connectivity index (χ4v) is 1.89. The highest BCUT2D eigenvalue weighted by Crippen LogP contribution is 2.25. The number of fused-ring (bicyclic) bond motifs is 1. The highest BCUT2D eigenvalue weighted by atomic mass is 19.1. The van der Waals surface area contributed by atoms with Gasteiger partial charge in [0.05, 0.1) is 6.61 Å². The summed E-state index contributed by atoms with van der Waals surface area (Å²) >= 11 is 0. The lowest BCUT2D eigenvalue weighted by molar-refractivity contribution is 0.155. The Balaban J connectivity index is 2.16. The number of methoxy groups -OCH3 is 1. The first-order valence-electron chi connectivity index (χ1n) is 4.81. The first-order chi connectivity index (χ1) is 6.79. The van der Waals surface area contributed by atoms with Gasteiger partial charge in [0, 0.05) is 25.3 Å². The van der Waals surface area contributed by atoms with Crippen LogP contribution in [0.15, 0.2) is 18.2 Å². The molecule has 0 amide bonds. The fourth-order valence-electron chi connectivity index (χ4n) is 1.89. The van der Waals surface area contributed by atoms with Crippen molar-refractivity contribution in [2.45, 2.75) is 6.42 Å². The molecule has 0 saturated carbocycles. The van der Waals surface area contributed by atoms with Crippen molar-refractivity contribution in [2.75, 3.05) is 25.6 Å². The van der Waals surface area contributed by atoms with Gasteiger partial charge in [-0.1, -0.05) is 0 Å². The highest BCUT2D eigenvalue weighted by molar-refractivity contribution is 5.53. The molecule has 1 aromatic carbocycles. The Morgan fingerprint density at radius 3 is 3.21 bits per heavy atom. The number of hydrogen-bond acceptors (Lipinski definition) is 2. The summed E-state index contributed by atoms with van der Waals surface area (Å²) in [6.07, 6.45) is 0.897.